The van der Waals surface area contributed by atoms with Crippen LogP contribution < -0.4 is 0 Å². The van der Waals surface area contributed by atoms with Crippen LogP contribution in [0.5, 0.6) is 0 Å². The lowest BCUT2D eigenvalue weighted by Crippen LogP contribution is -2.35. The zero-order valence-electron chi connectivity index (χ0n) is 8.47. The fourth-order valence-corrected chi connectivity index (χ4v) is 1.92. The van der Waals surface area contributed by atoms with E-state index in [1.807, 2.05) is 0 Å². The third-order valence-corrected chi connectivity index (χ3v) is 3.16. The first-order valence-electron chi connectivity index (χ1n) is 5.10. The Balaban J connectivity index is 1.88. The van der Waals surface area contributed by atoms with Crippen LogP contribution in [0.2, 0.25) is 0 Å². The summed E-state index contributed by atoms with van der Waals surface area (Å²) >= 11 is 0. The Morgan fingerprint density at radius 3 is 2.47 bits per heavy atom. The molecule has 5 nitrogen and oxygen atoms in total. The number of fused-ring (bicyclic) bond motifs is 1. The van der Waals surface area contributed by atoms with Gasteiger partial charge >= 0.3 is 5.97 Å². The SMILES string of the molecule is CC(CCN1C(=O)C2CC2C1=O)C(=O)O. The van der Waals surface area contributed by atoms with E-state index in [0.29, 0.717) is 12.8 Å². The molecule has 82 valence electrons. The van der Waals surface area contributed by atoms with Crippen LogP contribution in [0.15, 0.2) is 0 Å². The second kappa shape index (κ2) is 3.32. The predicted molar refractivity (Wildman–Crippen MR) is 49.7 cm³/mol. The Kier molecular flexibility index (Phi) is 2.25. The molecule has 3 unspecified atom stereocenters. The number of hydrogen-bond donors (Lipinski definition) is 1. The van der Waals surface area contributed by atoms with Gasteiger partial charge in [0.1, 0.15) is 0 Å². The van der Waals surface area contributed by atoms with Crippen molar-refractivity contribution in [1.29, 1.82) is 0 Å². The van der Waals surface area contributed by atoms with Gasteiger partial charge in [-0.25, -0.2) is 0 Å². The molecule has 1 aliphatic carbocycles. The van der Waals surface area contributed by atoms with Crippen LogP contribution in [0, 0.1) is 17.8 Å². The van der Waals surface area contributed by atoms with Crippen molar-refractivity contribution in [2.24, 2.45) is 17.8 Å². The molecular formula is C10H13NO4. The molecule has 1 heterocycles. The van der Waals surface area contributed by atoms with Crippen LogP contribution in [-0.2, 0) is 14.4 Å². The number of carbonyl (C=O) groups is 3. The zero-order valence-corrected chi connectivity index (χ0v) is 8.47. The average Bonchev–Trinajstić information content (AvgIpc) is 2.91. The highest BCUT2D eigenvalue weighted by atomic mass is 16.4. The molecule has 0 aromatic heterocycles. The standard InChI is InChI=1S/C10H13NO4/c1-5(10(14)15)2-3-11-8(12)6-4-7(6)9(11)13/h5-7H,2-4H2,1H3,(H,14,15). The van der Waals surface area contributed by atoms with Gasteiger partial charge in [-0.1, -0.05) is 6.92 Å². The summed E-state index contributed by atoms with van der Waals surface area (Å²) in [6.07, 6.45) is 1.04. The maximum Gasteiger partial charge on any atom is 0.306 e. The Labute approximate surface area is 87.1 Å². The van der Waals surface area contributed by atoms with Crippen molar-refractivity contribution in [3.8, 4) is 0 Å². The fourth-order valence-electron chi connectivity index (χ4n) is 1.92. The molecule has 2 amide bonds. The van der Waals surface area contributed by atoms with Crippen LogP contribution >= 0.6 is 0 Å². The Bertz CT molecular complexity index is 318. The third kappa shape index (κ3) is 1.62. The van der Waals surface area contributed by atoms with Gasteiger partial charge in [0, 0.05) is 6.54 Å². The minimum Gasteiger partial charge on any atom is -0.481 e. The van der Waals surface area contributed by atoms with Crippen LogP contribution in [0.4, 0.5) is 0 Å². The van der Waals surface area contributed by atoms with E-state index in [4.69, 9.17) is 5.11 Å². The van der Waals surface area contributed by atoms with Gasteiger partial charge in [-0.15, -0.1) is 0 Å². The topological polar surface area (TPSA) is 74.7 Å². The molecule has 1 N–H and O–H groups in total. The highest BCUT2D eigenvalue weighted by Gasteiger charge is 2.58. The molecular weight excluding hydrogens is 198 g/mol. The number of rotatable bonds is 4. The number of hydrogen-bond acceptors (Lipinski definition) is 3. The van der Waals surface area contributed by atoms with Gasteiger partial charge in [-0.3, -0.25) is 19.3 Å². The van der Waals surface area contributed by atoms with E-state index < -0.39 is 11.9 Å². The molecule has 2 fully saturated rings. The molecule has 1 aliphatic heterocycles. The van der Waals surface area contributed by atoms with Crippen molar-refractivity contribution in [3.63, 3.8) is 0 Å². The Morgan fingerprint density at radius 1 is 1.47 bits per heavy atom. The maximum absolute atomic E-state index is 11.5. The van der Waals surface area contributed by atoms with E-state index >= 15 is 0 Å². The predicted octanol–water partition coefficient (Wildman–Crippen LogP) is 0.102. The summed E-state index contributed by atoms with van der Waals surface area (Å²) in [5.41, 5.74) is 0. The number of likely N-dealkylation sites (tertiary alicyclic amines) is 1. The summed E-state index contributed by atoms with van der Waals surface area (Å²) in [5.74, 6) is -1.79. The summed E-state index contributed by atoms with van der Waals surface area (Å²) in [6, 6.07) is 0. The molecule has 2 rings (SSSR count). The van der Waals surface area contributed by atoms with Crippen molar-refractivity contribution >= 4 is 17.8 Å². The molecule has 0 aromatic rings. The lowest BCUT2D eigenvalue weighted by atomic mass is 10.1. The highest BCUT2D eigenvalue weighted by Crippen LogP contribution is 2.46. The van der Waals surface area contributed by atoms with E-state index in [1.54, 1.807) is 6.92 Å². The molecule has 1 saturated heterocycles. The zero-order chi connectivity index (χ0) is 11.2. The smallest absolute Gasteiger partial charge is 0.306 e. The van der Waals surface area contributed by atoms with Gasteiger partial charge in [0.2, 0.25) is 11.8 Å². The fraction of sp³-hybridized carbons (Fsp3) is 0.700. The summed E-state index contributed by atoms with van der Waals surface area (Å²) in [4.78, 5) is 34.8. The molecule has 0 radical (unpaired) electrons. The van der Waals surface area contributed by atoms with Gasteiger partial charge in [-0.2, -0.15) is 0 Å². The minimum atomic E-state index is -0.890. The molecule has 0 aromatic carbocycles. The number of imide groups is 1. The first-order chi connectivity index (χ1) is 7.02. The number of aliphatic carboxylic acids is 1. The third-order valence-electron chi connectivity index (χ3n) is 3.16. The van der Waals surface area contributed by atoms with Gasteiger partial charge < -0.3 is 5.11 Å². The van der Waals surface area contributed by atoms with Crippen LogP contribution in [0.25, 0.3) is 0 Å². The summed E-state index contributed by atoms with van der Waals surface area (Å²) in [5, 5.41) is 8.66. The summed E-state index contributed by atoms with van der Waals surface area (Å²) in [6.45, 7) is 1.83. The van der Waals surface area contributed by atoms with Crippen molar-refractivity contribution < 1.29 is 19.5 Å². The van der Waals surface area contributed by atoms with Gasteiger partial charge in [-0.05, 0) is 12.8 Å². The van der Waals surface area contributed by atoms with Gasteiger partial charge in [0.15, 0.2) is 0 Å². The first-order valence-corrected chi connectivity index (χ1v) is 5.10. The second-order valence-corrected chi connectivity index (χ2v) is 4.30. The summed E-state index contributed by atoms with van der Waals surface area (Å²) in [7, 11) is 0. The molecule has 0 bridgehead atoms. The maximum atomic E-state index is 11.5. The molecule has 1 saturated carbocycles. The quantitative estimate of drug-likeness (QED) is 0.669. The van der Waals surface area contributed by atoms with E-state index in [9.17, 15) is 14.4 Å². The number of carboxylic acid groups (broad SMARTS) is 1. The number of piperidine rings is 1. The summed E-state index contributed by atoms with van der Waals surface area (Å²) < 4.78 is 0. The van der Waals surface area contributed by atoms with Crippen molar-refractivity contribution in [2.45, 2.75) is 19.8 Å². The molecule has 0 spiro atoms. The van der Waals surface area contributed by atoms with Crippen LogP contribution in [0.3, 0.4) is 0 Å². The van der Waals surface area contributed by atoms with Gasteiger partial charge in [0.25, 0.3) is 0 Å². The largest absolute Gasteiger partial charge is 0.481 e. The monoisotopic (exact) mass is 211 g/mol. The van der Waals surface area contributed by atoms with Crippen molar-refractivity contribution in [2.75, 3.05) is 6.54 Å². The van der Waals surface area contributed by atoms with E-state index in [2.05, 4.69) is 0 Å². The Hall–Kier alpha value is -1.39. The van der Waals surface area contributed by atoms with Crippen LogP contribution in [-0.4, -0.2) is 34.3 Å². The average molecular weight is 211 g/mol. The minimum absolute atomic E-state index is 0.0855. The lowest BCUT2D eigenvalue weighted by molar-refractivity contribution is -0.145. The normalized spacial score (nSPS) is 30.3. The number of nitrogens with zero attached hydrogens (tertiary/aromatic N) is 1. The molecule has 15 heavy (non-hydrogen) atoms. The molecule has 5 heteroatoms. The van der Waals surface area contributed by atoms with Crippen molar-refractivity contribution in [1.82, 2.24) is 4.90 Å². The van der Waals surface area contributed by atoms with E-state index in [0.717, 1.165) is 0 Å². The Morgan fingerprint density at radius 2 is 2.00 bits per heavy atom. The number of carboxylic acids is 1. The van der Waals surface area contributed by atoms with E-state index in [1.165, 1.54) is 4.90 Å². The molecule has 2 aliphatic rings. The lowest BCUT2D eigenvalue weighted by Gasteiger charge is -2.17. The van der Waals surface area contributed by atoms with Crippen LogP contribution in [0.1, 0.15) is 19.8 Å². The number of amides is 2. The van der Waals surface area contributed by atoms with Crippen molar-refractivity contribution in [3.05, 3.63) is 0 Å². The number of carbonyl (C=O) groups excluding carboxylic acids is 2. The first kappa shape index (κ1) is 10.1. The van der Waals surface area contributed by atoms with Gasteiger partial charge in [0.05, 0.1) is 17.8 Å². The second-order valence-electron chi connectivity index (χ2n) is 4.30. The molecule has 3 atom stereocenters. The highest BCUT2D eigenvalue weighted by molar-refractivity contribution is 6.08. The van der Waals surface area contributed by atoms with E-state index in [-0.39, 0.29) is 30.2 Å².